The lowest BCUT2D eigenvalue weighted by atomic mass is 10.1. The third-order valence-electron chi connectivity index (χ3n) is 3.85. The zero-order valence-electron chi connectivity index (χ0n) is 15.3. The Morgan fingerprint density at radius 3 is 2.27 bits per heavy atom. The van der Waals surface area contributed by atoms with Crippen molar-refractivity contribution >= 4 is 27.4 Å². The molecule has 0 saturated heterocycles. The minimum absolute atomic E-state index is 0.0492. The fourth-order valence-electron chi connectivity index (χ4n) is 2.40. The van der Waals surface area contributed by atoms with Crippen LogP contribution in [0.3, 0.4) is 0 Å². The first-order chi connectivity index (χ1) is 13.8. The second-order valence-corrected chi connectivity index (χ2v) is 8.07. The predicted octanol–water partition coefficient (Wildman–Crippen LogP) is 2.79. The highest BCUT2D eigenvalue weighted by Crippen LogP contribution is 2.23. The second kappa shape index (κ2) is 8.78. The number of anilines is 1. The van der Waals surface area contributed by atoms with Gasteiger partial charge in [0.05, 0.1) is 25.0 Å². The van der Waals surface area contributed by atoms with Gasteiger partial charge in [-0.1, -0.05) is 18.2 Å². The summed E-state index contributed by atoms with van der Waals surface area (Å²) in [5.41, 5.74) is -0.539. The Bertz CT molecular complexity index is 1070. The summed E-state index contributed by atoms with van der Waals surface area (Å²) in [6, 6.07) is 7.49. The van der Waals surface area contributed by atoms with E-state index in [2.05, 4.69) is 0 Å². The highest BCUT2D eigenvalue weighted by molar-refractivity contribution is 7.92. The van der Waals surface area contributed by atoms with Gasteiger partial charge in [-0.15, -0.1) is 0 Å². The van der Waals surface area contributed by atoms with E-state index in [1.165, 1.54) is 17.4 Å². The maximum Gasteiger partial charge on any atom is 0.471 e. The molecule has 0 radical (unpaired) electrons. The lowest BCUT2D eigenvalue weighted by Crippen LogP contribution is -2.39. The summed E-state index contributed by atoms with van der Waals surface area (Å²) < 4.78 is 89.2. The van der Waals surface area contributed by atoms with Crippen molar-refractivity contribution in [2.24, 2.45) is 0 Å². The number of rotatable bonds is 7. The summed E-state index contributed by atoms with van der Waals surface area (Å²) in [6.45, 7) is -1.52. The van der Waals surface area contributed by atoms with Gasteiger partial charge in [-0.05, 0) is 24.3 Å². The molecule has 0 aliphatic heterocycles. The number of alkyl halides is 3. The van der Waals surface area contributed by atoms with E-state index in [0.717, 1.165) is 34.8 Å². The van der Waals surface area contributed by atoms with Gasteiger partial charge in [0.1, 0.15) is 11.6 Å². The molecule has 2 aromatic carbocycles. The van der Waals surface area contributed by atoms with Crippen molar-refractivity contribution in [3.63, 3.8) is 0 Å². The fraction of sp³-hybridized carbons (Fsp3) is 0.222. The van der Waals surface area contributed by atoms with Crippen LogP contribution in [0, 0.1) is 11.6 Å². The lowest BCUT2D eigenvalue weighted by molar-refractivity contribution is -0.173. The van der Waals surface area contributed by atoms with E-state index < -0.39 is 52.6 Å². The van der Waals surface area contributed by atoms with Gasteiger partial charge in [-0.2, -0.15) is 13.2 Å². The lowest BCUT2D eigenvalue weighted by Gasteiger charge is -2.23. The van der Waals surface area contributed by atoms with Crippen molar-refractivity contribution in [3.05, 3.63) is 65.2 Å². The zero-order valence-corrected chi connectivity index (χ0v) is 16.2. The molecule has 1 amide bonds. The zero-order chi connectivity index (χ0) is 22.7. The van der Waals surface area contributed by atoms with Crippen LogP contribution in [0.1, 0.15) is 15.9 Å². The van der Waals surface area contributed by atoms with Crippen LogP contribution in [-0.2, 0) is 21.4 Å². The van der Waals surface area contributed by atoms with Gasteiger partial charge in [-0.3, -0.25) is 13.9 Å². The normalized spacial score (nSPS) is 11.8. The largest absolute Gasteiger partial charge is 0.471 e. The number of sulfonamides is 1. The van der Waals surface area contributed by atoms with Crippen LogP contribution >= 0.6 is 0 Å². The van der Waals surface area contributed by atoms with Crippen LogP contribution < -0.4 is 9.62 Å². The van der Waals surface area contributed by atoms with E-state index in [1.54, 1.807) is 0 Å². The third kappa shape index (κ3) is 5.99. The maximum atomic E-state index is 14.4. The van der Waals surface area contributed by atoms with Crippen molar-refractivity contribution in [1.82, 2.24) is 5.32 Å². The minimum atomic E-state index is -5.17. The molecule has 162 valence electrons. The van der Waals surface area contributed by atoms with Crippen molar-refractivity contribution in [3.8, 4) is 0 Å². The van der Waals surface area contributed by atoms with E-state index in [0.29, 0.717) is 6.07 Å². The maximum absolute atomic E-state index is 14.4. The van der Waals surface area contributed by atoms with Crippen molar-refractivity contribution in [2.45, 2.75) is 12.7 Å². The molecule has 0 unspecified atom stereocenters. The molecule has 2 rings (SSSR count). The highest BCUT2D eigenvalue weighted by Gasteiger charge is 2.38. The molecule has 0 aliphatic carbocycles. The molecule has 2 aromatic rings. The van der Waals surface area contributed by atoms with E-state index >= 15 is 0 Å². The molecule has 12 heteroatoms. The number of Topliss-reactive ketones (excluding diaryl/α,β-unsaturated/α-hetero) is 1. The fourth-order valence-corrected chi connectivity index (χ4v) is 3.27. The van der Waals surface area contributed by atoms with Crippen molar-refractivity contribution < 1.29 is 40.0 Å². The number of nitrogens with one attached hydrogen (secondary N) is 1. The molecular weight excluding hydrogens is 435 g/mol. The van der Waals surface area contributed by atoms with Gasteiger partial charge in [0.15, 0.2) is 5.78 Å². The quantitative estimate of drug-likeness (QED) is 0.520. The highest BCUT2D eigenvalue weighted by atomic mass is 32.2. The molecule has 0 bridgehead atoms. The van der Waals surface area contributed by atoms with Crippen LogP contribution in [0.15, 0.2) is 42.5 Å². The smallest absolute Gasteiger partial charge is 0.341 e. The number of hydrogen-bond acceptors (Lipinski definition) is 4. The molecule has 0 aliphatic rings. The van der Waals surface area contributed by atoms with Crippen LogP contribution in [-0.4, -0.2) is 39.1 Å². The van der Waals surface area contributed by atoms with Crippen molar-refractivity contribution in [1.29, 1.82) is 0 Å². The Morgan fingerprint density at radius 2 is 1.73 bits per heavy atom. The van der Waals surface area contributed by atoms with E-state index in [4.69, 9.17) is 0 Å². The SMILES string of the molecule is CS(=O)(=O)N(Cc1ccc(C(=O)CNC(=O)C(F)(F)F)cc1F)c1cccc(F)c1. The molecule has 0 aromatic heterocycles. The van der Waals surface area contributed by atoms with E-state index in [1.807, 2.05) is 0 Å². The summed E-state index contributed by atoms with van der Waals surface area (Å²) >= 11 is 0. The summed E-state index contributed by atoms with van der Waals surface area (Å²) in [5.74, 6) is -5.01. The first-order valence-electron chi connectivity index (χ1n) is 8.19. The standard InChI is InChI=1S/C18H15F5N2O4S/c1-30(28,29)25(14-4-2-3-13(19)8-14)10-12-6-5-11(7-15(12)20)16(26)9-24-17(27)18(21,22)23/h2-8H,9-10H2,1H3,(H,24,27). The first-order valence-corrected chi connectivity index (χ1v) is 10.0. The number of ketones is 1. The van der Waals surface area contributed by atoms with Crippen molar-refractivity contribution in [2.75, 3.05) is 17.1 Å². The average molecular weight is 450 g/mol. The Morgan fingerprint density at radius 1 is 1.07 bits per heavy atom. The molecule has 0 saturated carbocycles. The molecule has 1 N–H and O–H groups in total. The van der Waals surface area contributed by atoms with E-state index in [9.17, 15) is 40.0 Å². The number of amides is 1. The summed E-state index contributed by atoms with van der Waals surface area (Å²) in [4.78, 5) is 22.6. The Hall–Kier alpha value is -3.02. The Labute approximate surface area is 168 Å². The molecular formula is C18H15F5N2O4S. The number of nitrogens with zero attached hydrogens (tertiary/aromatic N) is 1. The molecule has 0 heterocycles. The Kier molecular flexibility index (Phi) is 6.80. The number of carbonyl (C=O) groups excluding carboxylic acids is 2. The molecule has 30 heavy (non-hydrogen) atoms. The van der Waals surface area contributed by atoms with Gasteiger partial charge in [-0.25, -0.2) is 17.2 Å². The van der Waals surface area contributed by atoms with Crippen LogP contribution in [0.5, 0.6) is 0 Å². The molecule has 0 spiro atoms. The van der Waals surface area contributed by atoms with Crippen LogP contribution in [0.25, 0.3) is 0 Å². The van der Waals surface area contributed by atoms with Gasteiger partial charge >= 0.3 is 12.1 Å². The topological polar surface area (TPSA) is 83.6 Å². The minimum Gasteiger partial charge on any atom is -0.341 e. The van der Waals surface area contributed by atoms with Gasteiger partial charge in [0.2, 0.25) is 10.0 Å². The molecule has 6 nitrogen and oxygen atoms in total. The van der Waals surface area contributed by atoms with Gasteiger partial charge < -0.3 is 5.32 Å². The number of benzene rings is 2. The van der Waals surface area contributed by atoms with E-state index in [-0.39, 0.29) is 16.8 Å². The Balaban J connectivity index is 2.21. The average Bonchev–Trinajstić information content (AvgIpc) is 2.62. The first kappa shape index (κ1) is 23.3. The summed E-state index contributed by atoms with van der Waals surface area (Å²) in [5, 5.41) is 1.37. The number of carbonyl (C=O) groups is 2. The monoisotopic (exact) mass is 450 g/mol. The van der Waals surface area contributed by atoms with Gasteiger partial charge in [0.25, 0.3) is 0 Å². The number of hydrogen-bond donors (Lipinski definition) is 1. The molecule has 0 fully saturated rings. The van der Waals surface area contributed by atoms with Crippen LogP contribution in [0.4, 0.5) is 27.6 Å². The van der Waals surface area contributed by atoms with Crippen LogP contribution in [0.2, 0.25) is 0 Å². The van der Waals surface area contributed by atoms with Gasteiger partial charge in [0, 0.05) is 11.1 Å². The second-order valence-electron chi connectivity index (χ2n) is 6.16. The predicted molar refractivity (Wildman–Crippen MR) is 97.2 cm³/mol. The third-order valence-corrected chi connectivity index (χ3v) is 4.99. The molecule has 0 atom stereocenters. The summed E-state index contributed by atoms with van der Waals surface area (Å²) in [6.07, 6.45) is -4.32. The summed E-state index contributed by atoms with van der Waals surface area (Å²) in [7, 11) is -3.93. The number of halogens is 5.